The molecule has 0 heterocycles. The summed E-state index contributed by atoms with van der Waals surface area (Å²) in [5.74, 6) is -0.128. The first kappa shape index (κ1) is 11.7. The van der Waals surface area contributed by atoms with Crippen LogP contribution in [0.5, 0.6) is 0 Å². The Balaban J connectivity index is 0.000000574. The minimum Gasteiger partial charge on any atom is -0.289 e. The van der Waals surface area contributed by atoms with Crippen molar-refractivity contribution in [3.63, 3.8) is 0 Å². The molecule has 0 radical (unpaired) electrons. The summed E-state index contributed by atoms with van der Waals surface area (Å²) in [5, 5.41) is 12.0. The van der Waals surface area contributed by atoms with Gasteiger partial charge in [-0.3, -0.25) is 9.59 Å². The molecule has 0 spiro atoms. The summed E-state index contributed by atoms with van der Waals surface area (Å²) in [6.45, 7) is 0. The van der Waals surface area contributed by atoms with Gasteiger partial charge < -0.3 is 0 Å². The first-order chi connectivity index (χ1) is 8.79. The molecule has 18 heavy (non-hydrogen) atoms. The van der Waals surface area contributed by atoms with E-state index in [1.807, 2.05) is 0 Å². The lowest BCUT2D eigenvalue weighted by Crippen LogP contribution is -2.20. The summed E-state index contributed by atoms with van der Waals surface area (Å²) < 4.78 is 0. The lowest BCUT2D eigenvalue weighted by Gasteiger charge is -2.16. The Labute approximate surface area is 103 Å². The van der Waals surface area contributed by atoms with Gasteiger partial charge in [-0.15, -0.1) is 0 Å². The van der Waals surface area contributed by atoms with E-state index < -0.39 is 0 Å². The molecule has 0 N–H and O–H groups in total. The van der Waals surface area contributed by atoms with Gasteiger partial charge in [-0.25, -0.2) is 0 Å². The van der Waals surface area contributed by atoms with Crippen LogP contribution in [0, 0.1) is 10.8 Å². The Kier molecular flexibility index (Phi) is 2.98. The third-order valence-electron chi connectivity index (χ3n) is 2.83. The van der Waals surface area contributed by atoms with Crippen molar-refractivity contribution in [1.82, 2.24) is 0 Å². The van der Waals surface area contributed by atoms with Gasteiger partial charge in [0.1, 0.15) is 0 Å². The fourth-order valence-corrected chi connectivity index (χ4v) is 2.05. The van der Waals surface area contributed by atoms with E-state index in [2.05, 4.69) is 0 Å². The van der Waals surface area contributed by atoms with Crippen LogP contribution in [-0.2, 0) is 0 Å². The molecule has 0 bridgehead atoms. The van der Waals surface area contributed by atoms with Gasteiger partial charge >= 0.3 is 0 Å². The van der Waals surface area contributed by atoms with Gasteiger partial charge in [0.2, 0.25) is 0 Å². The Morgan fingerprint density at radius 3 is 1.00 bits per heavy atom. The molecule has 3 rings (SSSR count). The maximum absolute atomic E-state index is 12.1. The van der Waals surface area contributed by atoms with Crippen LogP contribution in [0.1, 0.15) is 31.8 Å². The van der Waals surface area contributed by atoms with E-state index in [4.69, 9.17) is 10.8 Å². The molecule has 0 aromatic heterocycles. The van der Waals surface area contributed by atoms with Crippen LogP contribution in [0.3, 0.4) is 0 Å². The van der Waals surface area contributed by atoms with Gasteiger partial charge in [-0.2, -0.15) is 0 Å². The molecule has 2 aromatic rings. The molecule has 1 aliphatic carbocycles. The van der Waals surface area contributed by atoms with Gasteiger partial charge in [-0.1, -0.05) is 48.5 Å². The van der Waals surface area contributed by atoms with Crippen LogP contribution in [0.2, 0.25) is 0 Å². The van der Waals surface area contributed by atoms with E-state index >= 15 is 0 Å². The number of hydrogen-bond acceptors (Lipinski definition) is 4. The highest BCUT2D eigenvalue weighted by atomic mass is 16.1. The van der Waals surface area contributed by atoms with Gasteiger partial charge in [0, 0.05) is 33.0 Å². The standard InChI is InChI=1S/C14H8O2.N2/c15-13-9-5-1-2-6-10(9)14(16)12-8-4-3-7-11(12)13;1-2/h1-8H;. The van der Waals surface area contributed by atoms with Crippen molar-refractivity contribution >= 4 is 11.6 Å². The van der Waals surface area contributed by atoms with Gasteiger partial charge in [-0.05, 0) is 0 Å². The fourth-order valence-electron chi connectivity index (χ4n) is 2.05. The molecule has 0 saturated carbocycles. The number of fused-ring (bicyclic) bond motifs is 2. The highest BCUT2D eigenvalue weighted by molar-refractivity contribution is 6.28. The first-order valence-electron chi connectivity index (χ1n) is 5.26. The number of rotatable bonds is 0. The minimum atomic E-state index is -0.0641. The largest absolute Gasteiger partial charge is 0.289 e. The van der Waals surface area contributed by atoms with Crippen molar-refractivity contribution in [3.8, 4) is 0 Å². The molecule has 0 aliphatic heterocycles. The Morgan fingerprint density at radius 1 is 0.556 bits per heavy atom. The van der Waals surface area contributed by atoms with E-state index in [-0.39, 0.29) is 11.6 Å². The zero-order valence-electron chi connectivity index (χ0n) is 9.33. The summed E-state index contributed by atoms with van der Waals surface area (Å²) in [6, 6.07) is 13.9. The maximum Gasteiger partial charge on any atom is 0.194 e. The van der Waals surface area contributed by atoms with E-state index in [1.54, 1.807) is 48.5 Å². The predicted molar refractivity (Wildman–Crippen MR) is 63.2 cm³/mol. The van der Waals surface area contributed by atoms with Crippen molar-refractivity contribution in [2.24, 2.45) is 0 Å². The molecule has 0 unspecified atom stereocenters. The first-order valence-corrected chi connectivity index (χ1v) is 5.26. The second-order valence-corrected chi connectivity index (χ2v) is 3.75. The summed E-state index contributed by atoms with van der Waals surface area (Å²) >= 11 is 0. The summed E-state index contributed by atoms with van der Waals surface area (Å²) in [4.78, 5) is 24.2. The van der Waals surface area contributed by atoms with Crippen LogP contribution < -0.4 is 0 Å². The molecule has 4 nitrogen and oxygen atoms in total. The highest BCUT2D eigenvalue weighted by Gasteiger charge is 2.28. The van der Waals surface area contributed by atoms with Gasteiger partial charge in [0.05, 0.1) is 0 Å². The second-order valence-electron chi connectivity index (χ2n) is 3.75. The summed E-state index contributed by atoms with van der Waals surface area (Å²) in [7, 11) is 0. The van der Waals surface area contributed by atoms with Crippen LogP contribution >= 0.6 is 0 Å². The molecule has 86 valence electrons. The van der Waals surface area contributed by atoms with Gasteiger partial charge in [0.15, 0.2) is 11.6 Å². The zero-order valence-corrected chi connectivity index (χ0v) is 9.33. The van der Waals surface area contributed by atoms with E-state index in [9.17, 15) is 9.59 Å². The molecule has 0 amide bonds. The number of carbonyl (C=O) groups excluding carboxylic acids is 2. The quantitative estimate of drug-likeness (QED) is 0.561. The lowest BCUT2D eigenvalue weighted by atomic mass is 9.84. The molecule has 4 heteroatoms. The molecule has 1 aliphatic rings. The van der Waals surface area contributed by atoms with E-state index in [0.717, 1.165) is 0 Å². The number of hydrogen-bond donors (Lipinski definition) is 0. The number of nitrogens with zero attached hydrogens (tertiary/aromatic N) is 2. The van der Waals surface area contributed by atoms with Crippen LogP contribution in [0.15, 0.2) is 48.5 Å². The number of carbonyl (C=O) groups is 2. The highest BCUT2D eigenvalue weighted by Crippen LogP contribution is 2.26. The van der Waals surface area contributed by atoms with Crippen molar-refractivity contribution in [1.29, 1.82) is 10.8 Å². The van der Waals surface area contributed by atoms with Crippen LogP contribution in [-0.4, -0.2) is 11.6 Å². The van der Waals surface area contributed by atoms with Crippen molar-refractivity contribution in [2.75, 3.05) is 0 Å². The summed E-state index contributed by atoms with van der Waals surface area (Å²) in [6.07, 6.45) is 0. The Morgan fingerprint density at radius 2 is 0.778 bits per heavy atom. The SMILES string of the molecule is N#N.O=C1c2ccccc2C(=O)c2ccccc21. The Bertz CT molecular complexity index is 554. The molecule has 0 atom stereocenters. The summed E-state index contributed by atoms with van der Waals surface area (Å²) in [5.41, 5.74) is 2.02. The molecular weight excluding hydrogens is 228 g/mol. The van der Waals surface area contributed by atoms with Crippen molar-refractivity contribution in [3.05, 3.63) is 70.8 Å². The van der Waals surface area contributed by atoms with E-state index in [1.165, 1.54) is 0 Å². The molecular formula is C14H8N2O2. The zero-order chi connectivity index (χ0) is 13.1. The maximum atomic E-state index is 12.1. The van der Waals surface area contributed by atoms with E-state index in [0.29, 0.717) is 22.3 Å². The van der Waals surface area contributed by atoms with Crippen LogP contribution in [0.25, 0.3) is 0 Å². The third-order valence-corrected chi connectivity index (χ3v) is 2.83. The predicted octanol–water partition coefficient (Wildman–Crippen LogP) is 2.49. The minimum absolute atomic E-state index is 0.0641. The lowest BCUT2D eigenvalue weighted by molar-refractivity contribution is 0.0979. The third kappa shape index (κ3) is 1.59. The second kappa shape index (κ2) is 4.60. The monoisotopic (exact) mass is 236 g/mol. The van der Waals surface area contributed by atoms with Crippen molar-refractivity contribution < 1.29 is 9.59 Å². The van der Waals surface area contributed by atoms with Gasteiger partial charge in [0.25, 0.3) is 0 Å². The Hall–Kier alpha value is -2.80. The fraction of sp³-hybridized carbons (Fsp3) is 0. The normalized spacial score (nSPS) is 11.9. The average molecular weight is 236 g/mol. The molecule has 0 saturated heterocycles. The molecule has 0 fully saturated rings. The molecule has 2 aromatic carbocycles. The number of benzene rings is 2. The number of ketones is 2. The smallest absolute Gasteiger partial charge is 0.194 e. The average Bonchev–Trinajstić information content (AvgIpc) is 2.47. The van der Waals surface area contributed by atoms with Crippen molar-refractivity contribution in [2.45, 2.75) is 0 Å². The van der Waals surface area contributed by atoms with Crippen LogP contribution in [0.4, 0.5) is 0 Å². The topological polar surface area (TPSA) is 81.7 Å².